The van der Waals surface area contributed by atoms with Crippen LogP contribution in [0.4, 0.5) is 16.2 Å². The van der Waals surface area contributed by atoms with Crippen LogP contribution in [-0.4, -0.2) is 75.8 Å². The van der Waals surface area contributed by atoms with Gasteiger partial charge in [0.15, 0.2) is 0 Å². The van der Waals surface area contributed by atoms with E-state index >= 15 is 0 Å². The molecular weight excluding hydrogens is 805 g/mol. The van der Waals surface area contributed by atoms with Crippen LogP contribution in [0.15, 0.2) is 127 Å². The lowest BCUT2D eigenvalue weighted by atomic mass is 9.97. The quantitative estimate of drug-likeness (QED) is 0.0857. The Morgan fingerprint density at radius 2 is 1.52 bits per heavy atom. The summed E-state index contributed by atoms with van der Waals surface area (Å²) in [5.74, 6) is -1.08. The summed E-state index contributed by atoms with van der Waals surface area (Å²) in [6.45, 7) is 10.1. The number of nitrogens with zero attached hydrogens (tertiary/aromatic N) is 2. The van der Waals surface area contributed by atoms with Crippen molar-refractivity contribution in [1.29, 1.82) is 0 Å². The van der Waals surface area contributed by atoms with Crippen LogP contribution in [0.1, 0.15) is 69.7 Å². The molecule has 330 valence electrons. The molecule has 0 aliphatic carbocycles. The Morgan fingerprint density at radius 3 is 2.20 bits per heavy atom. The Labute approximate surface area is 374 Å². The lowest BCUT2D eigenvalue weighted by molar-refractivity contribution is -0.138. The van der Waals surface area contributed by atoms with E-state index in [9.17, 15) is 24.0 Å². The molecule has 4 N–H and O–H groups in total. The van der Waals surface area contributed by atoms with Gasteiger partial charge in [0.1, 0.15) is 17.7 Å². The number of aromatic nitrogens is 1. The van der Waals surface area contributed by atoms with E-state index in [4.69, 9.17) is 4.74 Å². The van der Waals surface area contributed by atoms with Crippen molar-refractivity contribution in [2.75, 3.05) is 30.3 Å². The third kappa shape index (κ3) is 11.0. The van der Waals surface area contributed by atoms with Crippen molar-refractivity contribution in [3.05, 3.63) is 144 Å². The number of likely N-dealkylation sites (tertiary alicyclic amines) is 1. The molecule has 12 heteroatoms. The zero-order chi connectivity index (χ0) is 45.4. The molecule has 1 fully saturated rings. The number of amides is 5. The number of carbonyl (C=O) groups excluding carboxylic acids is 5. The predicted octanol–water partition coefficient (Wildman–Crippen LogP) is 9.43. The molecule has 0 unspecified atom stereocenters. The Kier molecular flexibility index (Phi) is 13.9. The summed E-state index contributed by atoms with van der Waals surface area (Å²) in [5.41, 5.74) is 7.51. The van der Waals surface area contributed by atoms with Crippen LogP contribution in [0.25, 0.3) is 33.3 Å². The Morgan fingerprint density at radius 1 is 0.812 bits per heavy atom. The number of ether oxygens (including phenoxy) is 1. The molecule has 1 saturated heterocycles. The molecule has 1 aromatic heterocycles. The van der Waals surface area contributed by atoms with Crippen molar-refractivity contribution in [2.24, 2.45) is 0 Å². The maximum absolute atomic E-state index is 14.2. The molecule has 5 amide bonds. The predicted molar refractivity (Wildman–Crippen MR) is 251 cm³/mol. The second-order valence-electron chi connectivity index (χ2n) is 17.3. The fourth-order valence-electron chi connectivity index (χ4n) is 8.18. The molecule has 1 aliphatic heterocycles. The van der Waals surface area contributed by atoms with Gasteiger partial charge in [0, 0.05) is 40.9 Å². The molecule has 7 rings (SSSR count). The van der Waals surface area contributed by atoms with Crippen LogP contribution in [0.5, 0.6) is 0 Å². The maximum Gasteiger partial charge on any atom is 0.408 e. The van der Waals surface area contributed by atoms with Crippen molar-refractivity contribution in [2.45, 2.75) is 78.0 Å². The first kappa shape index (κ1) is 44.8. The van der Waals surface area contributed by atoms with Crippen LogP contribution >= 0.6 is 0 Å². The highest BCUT2D eigenvalue weighted by Crippen LogP contribution is 2.40. The van der Waals surface area contributed by atoms with Gasteiger partial charge >= 0.3 is 6.09 Å². The van der Waals surface area contributed by atoms with Crippen molar-refractivity contribution >= 4 is 52.0 Å². The highest BCUT2D eigenvalue weighted by Gasteiger charge is 2.39. The molecule has 0 bridgehead atoms. The van der Waals surface area contributed by atoms with Gasteiger partial charge in [0.2, 0.25) is 17.7 Å². The van der Waals surface area contributed by atoms with Gasteiger partial charge in [-0.05, 0) is 99.5 Å². The lowest BCUT2D eigenvalue weighted by Gasteiger charge is -2.29. The van der Waals surface area contributed by atoms with Gasteiger partial charge in [0.05, 0.1) is 18.7 Å². The number of carbonyl (C=O) groups is 5. The molecule has 6 aromatic rings. The number of alkyl carbamates (subject to hydrolysis) is 1. The lowest BCUT2D eigenvalue weighted by Crippen LogP contribution is -2.49. The monoisotopic (exact) mass is 860 g/mol. The van der Waals surface area contributed by atoms with Crippen LogP contribution in [-0.2, 0) is 30.3 Å². The minimum atomic E-state index is -1.04. The van der Waals surface area contributed by atoms with E-state index in [1.54, 1.807) is 54.8 Å². The molecule has 0 radical (unpaired) electrons. The second kappa shape index (κ2) is 19.9. The molecule has 5 aromatic carbocycles. The summed E-state index contributed by atoms with van der Waals surface area (Å²) in [5, 5.41) is 9.70. The Balaban J connectivity index is 1.10. The van der Waals surface area contributed by atoms with E-state index in [1.165, 1.54) is 0 Å². The van der Waals surface area contributed by atoms with Gasteiger partial charge in [-0.15, -0.1) is 0 Å². The summed E-state index contributed by atoms with van der Waals surface area (Å²) in [6, 6.07) is 38.2. The summed E-state index contributed by atoms with van der Waals surface area (Å²) in [7, 11) is 0. The van der Waals surface area contributed by atoms with E-state index in [0.717, 1.165) is 50.8 Å². The largest absolute Gasteiger partial charge is 0.444 e. The van der Waals surface area contributed by atoms with Gasteiger partial charge in [0.25, 0.3) is 5.91 Å². The highest BCUT2D eigenvalue weighted by atomic mass is 16.6. The van der Waals surface area contributed by atoms with Gasteiger partial charge < -0.3 is 35.5 Å². The number of fused-ring (bicyclic) bond motifs is 1. The van der Waals surface area contributed by atoms with Crippen molar-refractivity contribution in [3.63, 3.8) is 0 Å². The highest BCUT2D eigenvalue weighted by molar-refractivity contribution is 6.07. The number of H-pyrrole nitrogens is 1. The molecule has 0 spiro atoms. The molecule has 0 saturated carbocycles. The van der Waals surface area contributed by atoms with Gasteiger partial charge in [-0.3, -0.25) is 19.2 Å². The van der Waals surface area contributed by atoms with Crippen LogP contribution in [0.3, 0.4) is 0 Å². The number of rotatable bonds is 14. The molecular formula is C52H56N6O6. The average Bonchev–Trinajstić information content (AvgIpc) is 3.92. The van der Waals surface area contributed by atoms with E-state index in [0.29, 0.717) is 42.9 Å². The third-order valence-electron chi connectivity index (χ3n) is 11.1. The number of nitrogens with one attached hydrogen (secondary N) is 4. The second-order valence-corrected chi connectivity index (χ2v) is 17.3. The minimum Gasteiger partial charge on any atom is -0.444 e. The first-order chi connectivity index (χ1) is 30.8. The summed E-state index contributed by atoms with van der Waals surface area (Å²) in [6.07, 6.45) is 1.34. The number of hydrogen-bond acceptors (Lipinski definition) is 6. The van der Waals surface area contributed by atoms with Crippen LogP contribution in [0.2, 0.25) is 0 Å². The van der Waals surface area contributed by atoms with E-state index < -0.39 is 23.8 Å². The van der Waals surface area contributed by atoms with Crippen LogP contribution < -0.4 is 16.0 Å². The molecule has 64 heavy (non-hydrogen) atoms. The number of aromatic amines is 1. The van der Waals surface area contributed by atoms with Crippen molar-refractivity contribution in [1.82, 2.24) is 20.1 Å². The van der Waals surface area contributed by atoms with Gasteiger partial charge in [-0.2, -0.15) is 0 Å². The van der Waals surface area contributed by atoms with Crippen molar-refractivity contribution < 1.29 is 28.7 Å². The smallest absolute Gasteiger partial charge is 0.408 e. The zero-order valence-corrected chi connectivity index (χ0v) is 37.1. The number of hydrogen-bond donors (Lipinski definition) is 4. The summed E-state index contributed by atoms with van der Waals surface area (Å²) >= 11 is 0. The fourth-order valence-corrected chi connectivity index (χ4v) is 8.18. The molecule has 2 atom stereocenters. The fraction of sp³-hybridized carbons (Fsp3) is 0.288. The zero-order valence-electron chi connectivity index (χ0n) is 37.1. The molecule has 12 nitrogen and oxygen atoms in total. The summed E-state index contributed by atoms with van der Waals surface area (Å²) in [4.78, 5) is 74.3. The van der Waals surface area contributed by atoms with E-state index in [-0.39, 0.29) is 36.6 Å². The van der Waals surface area contributed by atoms with Crippen LogP contribution in [0, 0.1) is 6.92 Å². The SMILES string of the molecule is CCCN(CC(=O)Nc1ccc(-c2[nH]c3ccc(NC(=O)[C@@H]4CCCN4C(=O)[C@H](NC(=O)OC(C)(C)C)c4ccccc4)cc3c2-c2cccc(C)c2)cc1)C(=O)Cc1ccccc1. The van der Waals surface area contributed by atoms with Gasteiger partial charge in [-0.25, -0.2) is 4.79 Å². The van der Waals surface area contributed by atoms with E-state index in [2.05, 4.69) is 33.1 Å². The first-order valence-corrected chi connectivity index (χ1v) is 21.9. The normalized spacial score (nSPS) is 14.1. The first-order valence-electron chi connectivity index (χ1n) is 21.9. The molecule has 2 heterocycles. The Bertz CT molecular complexity index is 2620. The third-order valence-corrected chi connectivity index (χ3v) is 11.1. The number of anilines is 2. The minimum absolute atomic E-state index is 0.0474. The average molecular weight is 861 g/mol. The standard InChI is InChI=1S/C52H56N6O6/c1-6-28-57(45(60)31-35-16-9-7-10-17-35)33-44(59)53-39-24-22-37(23-25-39)47-46(38-20-13-15-34(2)30-38)41-32-40(26-27-42(41)55-47)54-49(61)43-21-14-29-58(43)50(62)48(36-18-11-8-12-19-36)56-51(63)64-52(3,4)5/h7-13,15-20,22-27,30,32,43,48,55H,6,14,21,28-29,31,33H2,1-5H3,(H,53,59)(H,54,61)(H,56,63)/t43-,48+/m0/s1. The topological polar surface area (TPSA) is 153 Å². The number of benzene rings is 5. The molecule has 1 aliphatic rings. The van der Waals surface area contributed by atoms with Crippen molar-refractivity contribution in [3.8, 4) is 22.4 Å². The van der Waals surface area contributed by atoms with Gasteiger partial charge in [-0.1, -0.05) is 110 Å². The Hall–Kier alpha value is -7.21. The number of aryl methyl sites for hydroxylation is 1. The maximum atomic E-state index is 14.2. The summed E-state index contributed by atoms with van der Waals surface area (Å²) < 4.78 is 5.50. The van der Waals surface area contributed by atoms with E-state index in [1.807, 2.05) is 105 Å².